The molecule has 1 heterocycles. The van der Waals surface area contributed by atoms with Gasteiger partial charge in [-0.05, 0) is 41.3 Å². The smallest absolute Gasteiger partial charge is 0.406 e. The molecule has 0 saturated heterocycles. The lowest BCUT2D eigenvalue weighted by molar-refractivity contribution is -0.274. The molecule has 0 fully saturated rings. The number of hydrogen-bond donors (Lipinski definition) is 2. The number of nitrogen functional groups attached to an aromatic ring is 1. The summed E-state index contributed by atoms with van der Waals surface area (Å²) < 4.78 is 40.7. The van der Waals surface area contributed by atoms with Crippen LogP contribution in [0, 0.1) is 22.7 Å². The van der Waals surface area contributed by atoms with E-state index in [1.807, 2.05) is 32.0 Å². The minimum Gasteiger partial charge on any atom is -0.406 e. The normalized spacial score (nSPS) is 11.0. The number of amides is 1. The van der Waals surface area contributed by atoms with Gasteiger partial charge in [-0.25, -0.2) is 4.98 Å². The lowest BCUT2D eigenvalue weighted by atomic mass is 9.94. The second-order valence-corrected chi connectivity index (χ2v) is 8.80. The molecule has 0 aliphatic carbocycles. The largest absolute Gasteiger partial charge is 0.573 e. The number of rotatable bonds is 7. The van der Waals surface area contributed by atoms with Gasteiger partial charge >= 0.3 is 6.36 Å². The van der Waals surface area contributed by atoms with E-state index in [9.17, 15) is 28.5 Å². The lowest BCUT2D eigenvalue weighted by Gasteiger charge is -2.14. The number of anilines is 2. The van der Waals surface area contributed by atoms with Gasteiger partial charge in [0.1, 0.15) is 34.3 Å². The Morgan fingerprint density at radius 2 is 1.69 bits per heavy atom. The van der Waals surface area contributed by atoms with Crippen LogP contribution in [0.5, 0.6) is 5.75 Å². The Labute approximate surface area is 209 Å². The van der Waals surface area contributed by atoms with E-state index in [-0.39, 0.29) is 33.4 Å². The topological polar surface area (TPSA) is 125 Å². The molecule has 7 nitrogen and oxygen atoms in total. The Morgan fingerprint density at radius 3 is 2.22 bits per heavy atom. The molecule has 0 aliphatic rings. The molecule has 3 aromatic rings. The van der Waals surface area contributed by atoms with Gasteiger partial charge in [-0.1, -0.05) is 49.9 Å². The average molecular weight is 512 g/mol. The Kier molecular flexibility index (Phi) is 8.07. The highest BCUT2D eigenvalue weighted by Crippen LogP contribution is 2.36. The zero-order chi connectivity index (χ0) is 26.5. The van der Waals surface area contributed by atoms with E-state index in [0.717, 1.165) is 29.5 Å². The van der Waals surface area contributed by atoms with Crippen molar-refractivity contribution in [3.05, 3.63) is 65.2 Å². The Balaban J connectivity index is 1.81. The molecule has 2 aromatic carbocycles. The monoisotopic (exact) mass is 511 g/mol. The quantitative estimate of drug-likeness (QED) is 0.383. The molecular formula is C25H20F3N5O2S. The first-order valence-electron chi connectivity index (χ1n) is 10.5. The van der Waals surface area contributed by atoms with Crippen molar-refractivity contribution < 1.29 is 22.7 Å². The first-order valence-corrected chi connectivity index (χ1v) is 11.5. The maximum absolute atomic E-state index is 12.4. The minimum absolute atomic E-state index is 0.0670. The summed E-state index contributed by atoms with van der Waals surface area (Å²) in [5.41, 5.74) is 8.50. The van der Waals surface area contributed by atoms with Gasteiger partial charge in [0.15, 0.2) is 0 Å². The summed E-state index contributed by atoms with van der Waals surface area (Å²) in [6.45, 7) is 4.09. The number of nitrogens with one attached hydrogen (secondary N) is 1. The number of carbonyl (C=O) groups is 1. The van der Waals surface area contributed by atoms with E-state index in [0.29, 0.717) is 17.0 Å². The fraction of sp³-hybridized carbons (Fsp3) is 0.200. The van der Waals surface area contributed by atoms with E-state index in [1.54, 1.807) is 12.1 Å². The average Bonchev–Trinajstić information content (AvgIpc) is 2.82. The van der Waals surface area contributed by atoms with Crippen LogP contribution in [0.4, 0.5) is 24.7 Å². The molecular weight excluding hydrogens is 491 g/mol. The summed E-state index contributed by atoms with van der Waals surface area (Å²) in [4.78, 5) is 16.6. The molecule has 36 heavy (non-hydrogen) atoms. The van der Waals surface area contributed by atoms with Crippen molar-refractivity contribution in [3.8, 4) is 29.0 Å². The molecule has 1 aromatic heterocycles. The minimum atomic E-state index is -4.81. The van der Waals surface area contributed by atoms with Crippen LogP contribution in [0.1, 0.15) is 36.5 Å². The fourth-order valence-electron chi connectivity index (χ4n) is 3.30. The summed E-state index contributed by atoms with van der Waals surface area (Å²) >= 11 is 0.952. The van der Waals surface area contributed by atoms with Gasteiger partial charge in [-0.2, -0.15) is 10.5 Å². The standard InChI is InChI=1S/C25H20F3N5O2S/c1-14(2)15-3-5-16(6-4-15)22-19(11-29)23(31)33-24(20(22)12-30)36-13-21(34)32-17-7-9-18(10-8-17)35-25(26,27)28/h3-10,14H,13H2,1-2H3,(H2,31,33)(H,32,34). The number of benzene rings is 2. The maximum atomic E-state index is 12.4. The van der Waals surface area contributed by atoms with Crippen molar-refractivity contribution in [2.45, 2.75) is 31.2 Å². The molecule has 0 unspecified atom stereocenters. The summed E-state index contributed by atoms with van der Waals surface area (Å²) in [6, 6.07) is 16.2. The molecule has 3 N–H and O–H groups in total. The Morgan fingerprint density at radius 1 is 1.08 bits per heavy atom. The third-order valence-corrected chi connectivity index (χ3v) is 5.97. The number of nitriles is 2. The van der Waals surface area contributed by atoms with Crippen molar-refractivity contribution in [1.29, 1.82) is 10.5 Å². The van der Waals surface area contributed by atoms with Crippen LogP contribution in [0.15, 0.2) is 53.6 Å². The van der Waals surface area contributed by atoms with Crippen LogP contribution in [0.25, 0.3) is 11.1 Å². The summed E-state index contributed by atoms with van der Waals surface area (Å²) in [5.74, 6) is -0.840. The number of carbonyl (C=O) groups excluding carboxylic acids is 1. The van der Waals surface area contributed by atoms with E-state index in [2.05, 4.69) is 21.1 Å². The second kappa shape index (κ2) is 11.0. The third kappa shape index (κ3) is 6.46. The molecule has 11 heteroatoms. The number of ether oxygens (including phenoxy) is 1. The summed E-state index contributed by atoms with van der Waals surface area (Å²) in [6.07, 6.45) is -4.81. The number of aromatic nitrogens is 1. The van der Waals surface area contributed by atoms with Gasteiger partial charge in [0.05, 0.1) is 11.3 Å². The number of nitrogens with two attached hydrogens (primary N) is 1. The van der Waals surface area contributed by atoms with Gasteiger partial charge in [0, 0.05) is 11.3 Å². The van der Waals surface area contributed by atoms with E-state index in [4.69, 9.17) is 5.73 Å². The van der Waals surface area contributed by atoms with E-state index in [1.165, 1.54) is 12.1 Å². The SMILES string of the molecule is CC(C)c1ccc(-c2c(C#N)c(N)nc(SCC(=O)Nc3ccc(OC(F)(F)F)cc3)c2C#N)cc1. The lowest BCUT2D eigenvalue weighted by Crippen LogP contribution is -2.17. The molecule has 184 valence electrons. The third-order valence-electron chi connectivity index (χ3n) is 4.99. The molecule has 0 spiro atoms. The highest BCUT2D eigenvalue weighted by molar-refractivity contribution is 8.00. The number of alkyl halides is 3. The van der Waals surface area contributed by atoms with Gasteiger partial charge < -0.3 is 15.8 Å². The number of nitrogens with zero attached hydrogens (tertiary/aromatic N) is 3. The number of pyridine rings is 1. The first kappa shape index (κ1) is 26.4. The predicted molar refractivity (Wildman–Crippen MR) is 130 cm³/mol. The van der Waals surface area contributed by atoms with Gasteiger partial charge in [-0.15, -0.1) is 13.2 Å². The Hall–Kier alpha value is -4.22. The summed E-state index contributed by atoms with van der Waals surface area (Å²) in [7, 11) is 0. The Bertz CT molecular complexity index is 1340. The van der Waals surface area contributed by atoms with Crippen LogP contribution >= 0.6 is 11.8 Å². The van der Waals surface area contributed by atoms with Crippen molar-refractivity contribution in [1.82, 2.24) is 4.98 Å². The number of hydrogen-bond acceptors (Lipinski definition) is 7. The van der Waals surface area contributed by atoms with E-state index < -0.39 is 18.0 Å². The molecule has 3 rings (SSSR count). The van der Waals surface area contributed by atoms with Crippen LogP contribution < -0.4 is 15.8 Å². The molecule has 0 bridgehead atoms. The van der Waals surface area contributed by atoms with Crippen LogP contribution in [-0.4, -0.2) is 23.0 Å². The molecule has 0 radical (unpaired) electrons. The number of halogens is 3. The fourth-order valence-corrected chi connectivity index (χ4v) is 4.09. The number of thioether (sulfide) groups is 1. The van der Waals surface area contributed by atoms with Crippen LogP contribution in [-0.2, 0) is 4.79 Å². The molecule has 0 atom stereocenters. The molecule has 0 aliphatic heterocycles. The molecule has 0 saturated carbocycles. The highest BCUT2D eigenvalue weighted by Gasteiger charge is 2.31. The van der Waals surface area contributed by atoms with Crippen LogP contribution in [0.3, 0.4) is 0 Å². The van der Waals surface area contributed by atoms with Crippen LogP contribution in [0.2, 0.25) is 0 Å². The van der Waals surface area contributed by atoms with Crippen molar-refractivity contribution >= 4 is 29.2 Å². The van der Waals surface area contributed by atoms with Gasteiger partial charge in [0.25, 0.3) is 0 Å². The summed E-state index contributed by atoms with van der Waals surface area (Å²) in [5, 5.41) is 22.3. The predicted octanol–water partition coefficient (Wildman–Crippen LogP) is 5.83. The van der Waals surface area contributed by atoms with Crippen molar-refractivity contribution in [2.75, 3.05) is 16.8 Å². The van der Waals surface area contributed by atoms with Gasteiger partial charge in [-0.3, -0.25) is 4.79 Å². The molecule has 1 amide bonds. The van der Waals surface area contributed by atoms with Crippen molar-refractivity contribution in [2.24, 2.45) is 0 Å². The zero-order valence-corrected chi connectivity index (χ0v) is 20.0. The second-order valence-electron chi connectivity index (χ2n) is 7.84. The van der Waals surface area contributed by atoms with E-state index >= 15 is 0 Å². The maximum Gasteiger partial charge on any atom is 0.573 e. The highest BCUT2D eigenvalue weighted by atomic mass is 32.2. The van der Waals surface area contributed by atoms with Crippen molar-refractivity contribution in [3.63, 3.8) is 0 Å². The first-order chi connectivity index (χ1) is 17.0. The van der Waals surface area contributed by atoms with Gasteiger partial charge in [0.2, 0.25) is 5.91 Å². The zero-order valence-electron chi connectivity index (χ0n) is 19.2.